The predicted molar refractivity (Wildman–Crippen MR) is 89.5 cm³/mol. The molecule has 1 saturated heterocycles. The maximum atomic E-state index is 12.4. The maximum Gasteiger partial charge on any atom is 0.255 e. The molecule has 0 aliphatic carbocycles. The number of hydrogen-bond donors (Lipinski definition) is 1. The number of hydrogen-bond acceptors (Lipinski definition) is 3. The Bertz CT molecular complexity index is 570. The maximum absolute atomic E-state index is 12.4. The number of nitrogens with zero attached hydrogens (tertiary/aromatic N) is 1. The number of methoxy groups -OCH3 is 1. The number of likely N-dealkylation sites (tertiary alicyclic amines) is 1. The molecule has 1 aromatic rings. The Morgan fingerprint density at radius 2 is 1.78 bits per heavy atom. The van der Waals surface area contributed by atoms with E-state index in [1.807, 2.05) is 37.8 Å². The smallest absolute Gasteiger partial charge is 0.255 e. The summed E-state index contributed by atoms with van der Waals surface area (Å²) in [5.41, 5.74) is 0.191. The van der Waals surface area contributed by atoms with Gasteiger partial charge in [0.1, 0.15) is 5.75 Å². The third kappa shape index (κ3) is 4.24. The molecule has 5 nitrogen and oxygen atoms in total. The highest BCUT2D eigenvalue weighted by atomic mass is 16.5. The van der Waals surface area contributed by atoms with Crippen LogP contribution in [0.15, 0.2) is 24.3 Å². The lowest BCUT2D eigenvalue weighted by Gasteiger charge is -2.36. The molecule has 1 heterocycles. The summed E-state index contributed by atoms with van der Waals surface area (Å²) in [6, 6.07) is 7.29. The summed E-state index contributed by atoms with van der Waals surface area (Å²) < 4.78 is 5.23. The van der Waals surface area contributed by atoms with Crippen molar-refractivity contribution in [2.24, 2.45) is 5.41 Å². The highest BCUT2D eigenvalue weighted by Gasteiger charge is 2.30. The molecule has 0 bridgehead atoms. The van der Waals surface area contributed by atoms with E-state index in [4.69, 9.17) is 4.74 Å². The van der Waals surface area contributed by atoms with Gasteiger partial charge in [-0.2, -0.15) is 0 Å². The number of para-hydroxylation sites is 1. The molecule has 1 fully saturated rings. The fourth-order valence-electron chi connectivity index (χ4n) is 2.80. The first-order chi connectivity index (χ1) is 10.8. The number of rotatable bonds is 3. The summed E-state index contributed by atoms with van der Waals surface area (Å²) in [6.45, 7) is 7.18. The van der Waals surface area contributed by atoms with Gasteiger partial charge >= 0.3 is 0 Å². The quantitative estimate of drug-likeness (QED) is 0.931. The Balaban J connectivity index is 1.92. The van der Waals surface area contributed by atoms with Crippen LogP contribution in [0.25, 0.3) is 0 Å². The largest absolute Gasteiger partial charge is 0.496 e. The van der Waals surface area contributed by atoms with Crippen LogP contribution in [0.5, 0.6) is 5.75 Å². The number of amides is 2. The van der Waals surface area contributed by atoms with Gasteiger partial charge < -0.3 is 15.0 Å². The third-order valence-corrected chi connectivity index (χ3v) is 4.11. The Hall–Kier alpha value is -2.04. The molecule has 2 rings (SSSR count). The lowest BCUT2D eigenvalue weighted by Crippen LogP contribution is -2.49. The molecule has 126 valence electrons. The molecule has 2 amide bonds. The van der Waals surface area contributed by atoms with Gasteiger partial charge in [0.15, 0.2) is 0 Å². The Labute approximate surface area is 138 Å². The van der Waals surface area contributed by atoms with Gasteiger partial charge in [0.2, 0.25) is 5.91 Å². The van der Waals surface area contributed by atoms with Crippen LogP contribution in [0.4, 0.5) is 0 Å². The lowest BCUT2D eigenvalue weighted by molar-refractivity contribution is -0.140. The van der Waals surface area contributed by atoms with Crippen LogP contribution in [0, 0.1) is 5.41 Å². The van der Waals surface area contributed by atoms with Gasteiger partial charge in [-0.1, -0.05) is 32.9 Å². The average Bonchev–Trinajstić information content (AvgIpc) is 2.54. The van der Waals surface area contributed by atoms with Crippen molar-refractivity contribution in [3.8, 4) is 5.75 Å². The highest BCUT2D eigenvalue weighted by molar-refractivity contribution is 5.97. The lowest BCUT2D eigenvalue weighted by atomic mass is 9.93. The van der Waals surface area contributed by atoms with Crippen molar-refractivity contribution in [2.75, 3.05) is 20.2 Å². The molecule has 0 atom stereocenters. The molecular weight excluding hydrogens is 292 g/mol. The van der Waals surface area contributed by atoms with Crippen molar-refractivity contribution in [3.05, 3.63) is 29.8 Å². The van der Waals surface area contributed by atoms with E-state index in [1.165, 1.54) is 0 Å². The highest BCUT2D eigenvalue weighted by Crippen LogP contribution is 2.22. The zero-order valence-corrected chi connectivity index (χ0v) is 14.4. The first kappa shape index (κ1) is 17.3. The number of ether oxygens (including phenoxy) is 1. The van der Waals surface area contributed by atoms with Crippen molar-refractivity contribution in [1.82, 2.24) is 10.2 Å². The van der Waals surface area contributed by atoms with E-state index in [0.717, 1.165) is 12.8 Å². The van der Waals surface area contributed by atoms with Crippen LogP contribution in [-0.2, 0) is 4.79 Å². The minimum atomic E-state index is -0.354. The van der Waals surface area contributed by atoms with Crippen LogP contribution in [0.3, 0.4) is 0 Å². The number of piperidine rings is 1. The Morgan fingerprint density at radius 1 is 1.17 bits per heavy atom. The number of nitrogens with one attached hydrogen (secondary N) is 1. The minimum absolute atomic E-state index is 0.0939. The molecule has 1 aromatic carbocycles. The van der Waals surface area contributed by atoms with E-state index in [2.05, 4.69) is 5.32 Å². The SMILES string of the molecule is COc1ccccc1C(=O)NC1CCN(C(=O)C(C)(C)C)CC1. The molecular formula is C18H26N2O3. The molecule has 5 heteroatoms. The van der Waals surface area contributed by atoms with Gasteiger partial charge in [0, 0.05) is 24.5 Å². The average molecular weight is 318 g/mol. The number of carbonyl (C=O) groups is 2. The zero-order chi connectivity index (χ0) is 17.0. The Kier molecular flexibility index (Phi) is 5.29. The van der Waals surface area contributed by atoms with Crippen molar-refractivity contribution in [1.29, 1.82) is 0 Å². The summed E-state index contributed by atoms with van der Waals surface area (Å²) >= 11 is 0. The van der Waals surface area contributed by atoms with Crippen LogP contribution < -0.4 is 10.1 Å². The molecule has 0 radical (unpaired) electrons. The minimum Gasteiger partial charge on any atom is -0.496 e. The van der Waals surface area contributed by atoms with Crippen molar-refractivity contribution in [2.45, 2.75) is 39.7 Å². The zero-order valence-electron chi connectivity index (χ0n) is 14.4. The topological polar surface area (TPSA) is 58.6 Å². The molecule has 1 N–H and O–H groups in total. The van der Waals surface area contributed by atoms with Crippen molar-refractivity contribution < 1.29 is 14.3 Å². The van der Waals surface area contributed by atoms with Gasteiger partial charge in [-0.05, 0) is 25.0 Å². The third-order valence-electron chi connectivity index (χ3n) is 4.11. The van der Waals surface area contributed by atoms with Gasteiger partial charge in [0.25, 0.3) is 5.91 Å². The number of benzene rings is 1. The first-order valence-corrected chi connectivity index (χ1v) is 8.06. The molecule has 0 saturated carbocycles. The summed E-state index contributed by atoms with van der Waals surface area (Å²) in [5.74, 6) is 0.625. The molecule has 0 spiro atoms. The van der Waals surface area contributed by atoms with Gasteiger partial charge in [-0.25, -0.2) is 0 Å². The molecule has 1 aliphatic heterocycles. The second kappa shape index (κ2) is 7.02. The molecule has 23 heavy (non-hydrogen) atoms. The van der Waals surface area contributed by atoms with Crippen LogP contribution >= 0.6 is 0 Å². The van der Waals surface area contributed by atoms with E-state index < -0.39 is 0 Å². The summed E-state index contributed by atoms with van der Waals surface area (Å²) in [6.07, 6.45) is 1.56. The standard InChI is InChI=1S/C18H26N2O3/c1-18(2,3)17(22)20-11-9-13(10-12-20)19-16(21)14-7-5-6-8-15(14)23-4/h5-8,13H,9-12H2,1-4H3,(H,19,21). The monoisotopic (exact) mass is 318 g/mol. The molecule has 0 aromatic heterocycles. The Morgan fingerprint density at radius 3 is 2.35 bits per heavy atom. The fourth-order valence-corrected chi connectivity index (χ4v) is 2.80. The van der Waals surface area contributed by atoms with Crippen LogP contribution in [-0.4, -0.2) is 43.0 Å². The second-order valence-corrected chi connectivity index (χ2v) is 6.99. The van der Waals surface area contributed by atoms with Gasteiger partial charge in [-0.3, -0.25) is 9.59 Å². The summed E-state index contributed by atoms with van der Waals surface area (Å²) in [7, 11) is 1.56. The first-order valence-electron chi connectivity index (χ1n) is 8.06. The van der Waals surface area contributed by atoms with Crippen molar-refractivity contribution >= 4 is 11.8 Å². The summed E-state index contributed by atoms with van der Waals surface area (Å²) in [5, 5.41) is 3.05. The molecule has 1 aliphatic rings. The predicted octanol–water partition coefficient (Wildman–Crippen LogP) is 2.46. The van der Waals surface area contributed by atoms with E-state index in [0.29, 0.717) is 24.4 Å². The molecule has 0 unspecified atom stereocenters. The number of carbonyl (C=O) groups excluding carboxylic acids is 2. The van der Waals surface area contributed by atoms with Crippen LogP contribution in [0.2, 0.25) is 0 Å². The van der Waals surface area contributed by atoms with Gasteiger partial charge in [0.05, 0.1) is 12.7 Å². The van der Waals surface area contributed by atoms with Crippen LogP contribution in [0.1, 0.15) is 44.0 Å². The van der Waals surface area contributed by atoms with E-state index in [-0.39, 0.29) is 23.3 Å². The van der Waals surface area contributed by atoms with Crippen molar-refractivity contribution in [3.63, 3.8) is 0 Å². The normalized spacial score (nSPS) is 16.1. The fraction of sp³-hybridized carbons (Fsp3) is 0.556. The van der Waals surface area contributed by atoms with E-state index in [1.54, 1.807) is 19.2 Å². The van der Waals surface area contributed by atoms with E-state index >= 15 is 0 Å². The van der Waals surface area contributed by atoms with E-state index in [9.17, 15) is 9.59 Å². The van der Waals surface area contributed by atoms with Gasteiger partial charge in [-0.15, -0.1) is 0 Å². The second-order valence-electron chi connectivity index (χ2n) is 6.99. The summed E-state index contributed by atoms with van der Waals surface area (Å²) in [4.78, 5) is 26.6.